The minimum atomic E-state index is -2.89. The first kappa shape index (κ1) is 11.7. The van der Waals surface area contributed by atoms with Crippen LogP contribution in [0.3, 0.4) is 0 Å². The van der Waals surface area contributed by atoms with E-state index in [1.54, 1.807) is 0 Å². The molecule has 16 heavy (non-hydrogen) atoms. The Bertz CT molecular complexity index is 502. The van der Waals surface area contributed by atoms with E-state index >= 15 is 0 Å². The molecule has 1 saturated heterocycles. The maximum Gasteiger partial charge on any atom is 0.151 e. The lowest BCUT2D eigenvalue weighted by Crippen LogP contribution is -2.06. The zero-order chi connectivity index (χ0) is 11.8. The third-order valence-electron chi connectivity index (χ3n) is 2.46. The minimum Gasteiger partial charge on any atom is -0.398 e. The smallest absolute Gasteiger partial charge is 0.151 e. The number of sulfone groups is 1. The van der Waals surface area contributed by atoms with Crippen molar-refractivity contribution in [2.24, 2.45) is 0 Å². The topological polar surface area (TPSA) is 60.2 Å². The number of hydrogen-bond acceptors (Lipinski definition) is 4. The van der Waals surface area contributed by atoms with Crippen LogP contribution in [-0.4, -0.2) is 25.2 Å². The molecular formula is C10H12FNO2S2. The Morgan fingerprint density at radius 3 is 2.81 bits per heavy atom. The zero-order valence-corrected chi connectivity index (χ0v) is 10.2. The molecule has 6 heteroatoms. The van der Waals surface area contributed by atoms with Gasteiger partial charge in [-0.25, -0.2) is 12.8 Å². The number of benzene rings is 1. The van der Waals surface area contributed by atoms with Crippen LogP contribution < -0.4 is 5.73 Å². The highest BCUT2D eigenvalue weighted by molar-refractivity contribution is 8.02. The van der Waals surface area contributed by atoms with Gasteiger partial charge in [-0.1, -0.05) is 0 Å². The van der Waals surface area contributed by atoms with Gasteiger partial charge in [0, 0.05) is 15.8 Å². The molecule has 2 N–H and O–H groups in total. The molecule has 88 valence electrons. The van der Waals surface area contributed by atoms with Gasteiger partial charge < -0.3 is 5.73 Å². The van der Waals surface area contributed by atoms with Crippen molar-refractivity contribution in [2.75, 3.05) is 17.2 Å². The molecule has 1 fully saturated rings. The monoisotopic (exact) mass is 261 g/mol. The number of nitrogen functional groups attached to an aromatic ring is 1. The SMILES string of the molecule is Nc1ccc(F)cc1SC1CCS(=O)(=O)C1. The summed E-state index contributed by atoms with van der Waals surface area (Å²) in [4.78, 5) is 0.627. The molecule has 0 bridgehead atoms. The van der Waals surface area contributed by atoms with Crippen molar-refractivity contribution in [3.63, 3.8) is 0 Å². The quantitative estimate of drug-likeness (QED) is 0.823. The van der Waals surface area contributed by atoms with Crippen LogP contribution in [-0.2, 0) is 9.84 Å². The highest BCUT2D eigenvalue weighted by Gasteiger charge is 2.28. The average molecular weight is 261 g/mol. The summed E-state index contributed by atoms with van der Waals surface area (Å²) in [5.41, 5.74) is 6.19. The van der Waals surface area contributed by atoms with Gasteiger partial charge in [-0.3, -0.25) is 0 Å². The molecule has 0 aromatic heterocycles. The number of nitrogens with two attached hydrogens (primary N) is 1. The standard InChI is InChI=1S/C10H12FNO2S2/c11-7-1-2-9(12)10(5-7)15-8-3-4-16(13,14)6-8/h1-2,5,8H,3-4,6,12H2. The van der Waals surface area contributed by atoms with Crippen LogP contribution in [0.1, 0.15) is 6.42 Å². The first-order valence-corrected chi connectivity index (χ1v) is 7.58. The molecule has 1 aromatic carbocycles. The van der Waals surface area contributed by atoms with Crippen molar-refractivity contribution in [3.8, 4) is 0 Å². The molecule has 1 aliphatic rings. The van der Waals surface area contributed by atoms with Gasteiger partial charge in [0.05, 0.1) is 11.5 Å². The van der Waals surface area contributed by atoms with Gasteiger partial charge in [-0.2, -0.15) is 0 Å². The largest absolute Gasteiger partial charge is 0.398 e. The Labute approximate surface area is 98.1 Å². The zero-order valence-electron chi connectivity index (χ0n) is 8.52. The van der Waals surface area contributed by atoms with Gasteiger partial charge in [0.25, 0.3) is 0 Å². The summed E-state index contributed by atoms with van der Waals surface area (Å²) < 4.78 is 35.5. The van der Waals surface area contributed by atoms with Crippen LogP contribution in [0.4, 0.5) is 10.1 Å². The maximum atomic E-state index is 13.0. The summed E-state index contributed by atoms with van der Waals surface area (Å²) in [5, 5.41) is -0.00546. The summed E-state index contributed by atoms with van der Waals surface area (Å²) in [7, 11) is -2.89. The van der Waals surface area contributed by atoms with E-state index in [0.717, 1.165) is 0 Å². The van der Waals surface area contributed by atoms with Gasteiger partial charge in [-0.15, -0.1) is 11.8 Å². The van der Waals surface area contributed by atoms with E-state index in [1.165, 1.54) is 30.0 Å². The van der Waals surface area contributed by atoms with Crippen LogP contribution >= 0.6 is 11.8 Å². The van der Waals surface area contributed by atoms with Gasteiger partial charge in [-0.05, 0) is 24.6 Å². The van der Waals surface area contributed by atoms with Crippen molar-refractivity contribution in [1.29, 1.82) is 0 Å². The van der Waals surface area contributed by atoms with Crippen molar-refractivity contribution < 1.29 is 12.8 Å². The number of thioether (sulfide) groups is 1. The van der Waals surface area contributed by atoms with Crippen molar-refractivity contribution >= 4 is 27.3 Å². The Kier molecular flexibility index (Phi) is 3.12. The molecular weight excluding hydrogens is 249 g/mol. The Balaban J connectivity index is 2.13. The second-order valence-electron chi connectivity index (χ2n) is 3.83. The minimum absolute atomic E-state index is 0.00546. The molecule has 0 radical (unpaired) electrons. The fourth-order valence-electron chi connectivity index (χ4n) is 1.64. The molecule has 0 saturated carbocycles. The molecule has 0 spiro atoms. The second-order valence-corrected chi connectivity index (χ2v) is 7.40. The number of rotatable bonds is 2. The Morgan fingerprint density at radius 1 is 1.44 bits per heavy atom. The van der Waals surface area contributed by atoms with Gasteiger partial charge >= 0.3 is 0 Å². The van der Waals surface area contributed by atoms with E-state index in [4.69, 9.17) is 5.73 Å². The normalized spacial score (nSPS) is 23.4. The first-order chi connectivity index (χ1) is 7.46. The predicted molar refractivity (Wildman–Crippen MR) is 63.7 cm³/mol. The molecule has 3 nitrogen and oxygen atoms in total. The predicted octanol–water partition coefficient (Wildman–Crippen LogP) is 1.69. The number of halogens is 1. The molecule has 0 amide bonds. The van der Waals surface area contributed by atoms with Crippen molar-refractivity contribution in [1.82, 2.24) is 0 Å². The molecule has 0 aliphatic carbocycles. The fourth-order valence-corrected chi connectivity index (χ4v) is 5.21. The van der Waals surface area contributed by atoms with E-state index < -0.39 is 9.84 Å². The molecule has 2 rings (SSSR count). The third-order valence-corrected chi connectivity index (χ3v) is 5.78. The Hall–Kier alpha value is -0.750. The maximum absolute atomic E-state index is 13.0. The summed E-state index contributed by atoms with van der Waals surface area (Å²) in [5.74, 6) is 0.0330. The summed E-state index contributed by atoms with van der Waals surface area (Å²) in [6.07, 6.45) is 0.614. The van der Waals surface area contributed by atoms with Gasteiger partial charge in [0.1, 0.15) is 5.82 Å². The van der Waals surface area contributed by atoms with E-state index in [-0.39, 0.29) is 22.6 Å². The fraction of sp³-hybridized carbons (Fsp3) is 0.400. The number of anilines is 1. The number of hydrogen-bond donors (Lipinski definition) is 1. The molecule has 1 unspecified atom stereocenters. The molecule has 1 heterocycles. The highest BCUT2D eigenvalue weighted by Crippen LogP contribution is 2.34. The third kappa shape index (κ3) is 2.68. The van der Waals surface area contributed by atoms with E-state index in [0.29, 0.717) is 17.0 Å². The van der Waals surface area contributed by atoms with E-state index in [2.05, 4.69) is 0 Å². The Morgan fingerprint density at radius 2 is 2.19 bits per heavy atom. The van der Waals surface area contributed by atoms with Gasteiger partial charge in [0.15, 0.2) is 9.84 Å². The van der Waals surface area contributed by atoms with Crippen LogP contribution in [0.25, 0.3) is 0 Å². The second kappa shape index (κ2) is 4.25. The summed E-state index contributed by atoms with van der Waals surface area (Å²) >= 11 is 1.35. The lowest BCUT2D eigenvalue weighted by molar-refractivity contribution is 0.602. The lowest BCUT2D eigenvalue weighted by Gasteiger charge is -2.09. The highest BCUT2D eigenvalue weighted by atomic mass is 32.2. The average Bonchev–Trinajstić information content (AvgIpc) is 2.52. The van der Waals surface area contributed by atoms with Crippen molar-refractivity contribution in [3.05, 3.63) is 24.0 Å². The van der Waals surface area contributed by atoms with E-state index in [9.17, 15) is 12.8 Å². The van der Waals surface area contributed by atoms with Crippen LogP contribution in [0.15, 0.2) is 23.1 Å². The van der Waals surface area contributed by atoms with E-state index in [1.807, 2.05) is 0 Å². The molecule has 1 aromatic rings. The van der Waals surface area contributed by atoms with Crippen LogP contribution in [0.5, 0.6) is 0 Å². The van der Waals surface area contributed by atoms with Crippen LogP contribution in [0, 0.1) is 5.82 Å². The van der Waals surface area contributed by atoms with Crippen LogP contribution in [0.2, 0.25) is 0 Å². The first-order valence-electron chi connectivity index (χ1n) is 4.88. The lowest BCUT2D eigenvalue weighted by atomic mass is 10.3. The molecule has 1 aliphatic heterocycles. The van der Waals surface area contributed by atoms with Crippen molar-refractivity contribution in [2.45, 2.75) is 16.6 Å². The van der Waals surface area contributed by atoms with Gasteiger partial charge in [0.2, 0.25) is 0 Å². The molecule has 1 atom stereocenters. The summed E-state index contributed by atoms with van der Waals surface area (Å²) in [6.45, 7) is 0. The summed E-state index contributed by atoms with van der Waals surface area (Å²) in [6, 6.07) is 4.15.